The number of fused-ring (bicyclic) bond motifs is 1. The van der Waals surface area contributed by atoms with E-state index in [2.05, 4.69) is 40.2 Å². The molecule has 0 saturated heterocycles. The Morgan fingerprint density at radius 3 is 2.73 bits per heavy atom. The minimum absolute atomic E-state index is 0.706. The van der Waals surface area contributed by atoms with Crippen molar-refractivity contribution in [2.24, 2.45) is 0 Å². The van der Waals surface area contributed by atoms with Crippen LogP contribution in [-0.4, -0.2) is 4.83 Å². The summed E-state index contributed by atoms with van der Waals surface area (Å²) in [4.78, 5) is 0.706. The zero-order valence-electron chi connectivity index (χ0n) is 6.39. The van der Waals surface area contributed by atoms with Crippen LogP contribution in [0.2, 0.25) is 0 Å². The molecule has 1 aromatic carbocycles. The van der Waals surface area contributed by atoms with E-state index in [0.717, 1.165) is 0 Å². The summed E-state index contributed by atoms with van der Waals surface area (Å²) in [7, 11) is 0. The fourth-order valence-corrected chi connectivity index (χ4v) is 2.23. The van der Waals surface area contributed by atoms with Crippen LogP contribution < -0.4 is 0 Å². The van der Waals surface area contributed by atoms with Gasteiger partial charge in [-0.25, -0.2) is 0 Å². The van der Waals surface area contributed by atoms with E-state index >= 15 is 0 Å². The summed E-state index contributed by atoms with van der Waals surface area (Å²) in [6, 6.07) is 8.74. The van der Waals surface area contributed by atoms with Gasteiger partial charge in [-0.15, -0.1) is 0 Å². The molecule has 0 aromatic heterocycles. The average Bonchev–Trinajstić information content (AvgIpc) is 2.04. The largest absolute Gasteiger partial charge is 0.0887 e. The first-order chi connectivity index (χ1) is 5.36. The molecule has 0 fully saturated rings. The van der Waals surface area contributed by atoms with Gasteiger partial charge in [0.15, 0.2) is 0 Å². The highest BCUT2D eigenvalue weighted by molar-refractivity contribution is 9.09. The number of aryl methyl sites for hydroxylation is 1. The lowest BCUT2D eigenvalue weighted by Crippen LogP contribution is -2.12. The Labute approximate surface area is 75.8 Å². The Hall–Kier alpha value is -0.300. The zero-order chi connectivity index (χ0) is 7.68. The van der Waals surface area contributed by atoms with E-state index in [9.17, 15) is 0 Å². The Balaban J connectivity index is 2.34. The van der Waals surface area contributed by atoms with Gasteiger partial charge in [-0.1, -0.05) is 40.2 Å². The topological polar surface area (TPSA) is 0 Å². The van der Waals surface area contributed by atoms with E-state index in [1.54, 1.807) is 5.56 Å². The van der Waals surface area contributed by atoms with Gasteiger partial charge in [0.25, 0.3) is 0 Å². The standard InChI is InChI=1S/C10H11Br/c11-10-6-5-8-3-1-2-4-9(8)7-10/h1-4,10H,5-7H2/t10-/m1/s1. The first-order valence-electron chi connectivity index (χ1n) is 4.07. The minimum Gasteiger partial charge on any atom is -0.0887 e. The molecule has 58 valence electrons. The van der Waals surface area contributed by atoms with Gasteiger partial charge in [0.2, 0.25) is 0 Å². The molecular weight excluding hydrogens is 200 g/mol. The van der Waals surface area contributed by atoms with Gasteiger partial charge in [-0.3, -0.25) is 0 Å². The molecule has 0 bridgehead atoms. The van der Waals surface area contributed by atoms with Gasteiger partial charge in [0.05, 0.1) is 0 Å². The first-order valence-corrected chi connectivity index (χ1v) is 4.98. The molecule has 1 atom stereocenters. The van der Waals surface area contributed by atoms with Crippen molar-refractivity contribution in [1.82, 2.24) is 0 Å². The number of benzene rings is 1. The lowest BCUT2D eigenvalue weighted by molar-refractivity contribution is 0.712. The Bertz CT molecular complexity index is 255. The van der Waals surface area contributed by atoms with E-state index in [1.807, 2.05) is 0 Å². The molecule has 1 aliphatic rings. The summed E-state index contributed by atoms with van der Waals surface area (Å²) >= 11 is 3.66. The molecule has 0 heterocycles. The third kappa shape index (κ3) is 1.48. The summed E-state index contributed by atoms with van der Waals surface area (Å²) in [6.07, 6.45) is 3.74. The highest BCUT2D eigenvalue weighted by atomic mass is 79.9. The number of alkyl halides is 1. The highest BCUT2D eigenvalue weighted by Gasteiger charge is 2.14. The van der Waals surface area contributed by atoms with Crippen LogP contribution in [0.15, 0.2) is 24.3 Å². The fraction of sp³-hybridized carbons (Fsp3) is 0.400. The Morgan fingerprint density at radius 2 is 1.91 bits per heavy atom. The predicted molar refractivity (Wildman–Crippen MR) is 51.2 cm³/mol. The van der Waals surface area contributed by atoms with Crippen molar-refractivity contribution in [3.8, 4) is 0 Å². The normalized spacial score (nSPS) is 22.8. The molecule has 0 amide bonds. The molecule has 1 aliphatic carbocycles. The maximum Gasteiger partial charge on any atom is 0.0189 e. The van der Waals surface area contributed by atoms with Crippen LogP contribution in [0.4, 0.5) is 0 Å². The molecule has 0 saturated carbocycles. The van der Waals surface area contributed by atoms with Gasteiger partial charge in [-0.05, 0) is 30.4 Å². The molecule has 1 heteroatoms. The Morgan fingerprint density at radius 1 is 1.18 bits per heavy atom. The van der Waals surface area contributed by atoms with Gasteiger partial charge in [-0.2, -0.15) is 0 Å². The van der Waals surface area contributed by atoms with Gasteiger partial charge in [0.1, 0.15) is 0 Å². The molecular formula is C10H11Br. The summed E-state index contributed by atoms with van der Waals surface area (Å²) in [6.45, 7) is 0. The number of hydrogen-bond donors (Lipinski definition) is 0. The molecule has 0 nitrogen and oxygen atoms in total. The molecule has 0 N–H and O–H groups in total. The predicted octanol–water partition coefficient (Wildman–Crippen LogP) is 2.94. The van der Waals surface area contributed by atoms with Crippen molar-refractivity contribution < 1.29 is 0 Å². The molecule has 11 heavy (non-hydrogen) atoms. The highest BCUT2D eigenvalue weighted by Crippen LogP contribution is 2.24. The fourth-order valence-electron chi connectivity index (χ4n) is 1.65. The van der Waals surface area contributed by atoms with Crippen LogP contribution in [0.5, 0.6) is 0 Å². The van der Waals surface area contributed by atoms with Crippen LogP contribution in [0.1, 0.15) is 17.5 Å². The van der Waals surface area contributed by atoms with Crippen molar-refractivity contribution in [2.45, 2.75) is 24.1 Å². The van der Waals surface area contributed by atoms with Crippen molar-refractivity contribution in [1.29, 1.82) is 0 Å². The summed E-state index contributed by atoms with van der Waals surface area (Å²) in [5.74, 6) is 0. The van der Waals surface area contributed by atoms with Gasteiger partial charge < -0.3 is 0 Å². The monoisotopic (exact) mass is 210 g/mol. The second-order valence-corrected chi connectivity index (χ2v) is 4.40. The molecule has 1 aromatic rings. The second-order valence-electron chi connectivity index (χ2n) is 3.11. The zero-order valence-corrected chi connectivity index (χ0v) is 7.97. The van der Waals surface area contributed by atoms with Crippen LogP contribution in [0, 0.1) is 0 Å². The molecule has 0 unspecified atom stereocenters. The van der Waals surface area contributed by atoms with Gasteiger partial charge >= 0.3 is 0 Å². The third-order valence-corrected chi connectivity index (χ3v) is 3.07. The summed E-state index contributed by atoms with van der Waals surface area (Å²) in [5.41, 5.74) is 3.07. The van der Waals surface area contributed by atoms with Gasteiger partial charge in [0, 0.05) is 4.83 Å². The lowest BCUT2D eigenvalue weighted by atomic mass is 9.92. The maximum absolute atomic E-state index is 3.66. The van der Waals surface area contributed by atoms with Crippen LogP contribution in [0.3, 0.4) is 0 Å². The first kappa shape index (κ1) is 7.35. The summed E-state index contributed by atoms with van der Waals surface area (Å²) < 4.78 is 0. The SMILES string of the molecule is Br[C@@H]1CCc2ccccc2C1. The molecule has 0 aliphatic heterocycles. The molecule has 2 rings (SSSR count). The van der Waals surface area contributed by atoms with Crippen molar-refractivity contribution in [2.75, 3.05) is 0 Å². The summed E-state index contributed by atoms with van der Waals surface area (Å²) in [5, 5.41) is 0. The smallest absolute Gasteiger partial charge is 0.0189 e. The average molecular weight is 211 g/mol. The second kappa shape index (κ2) is 2.98. The number of halogens is 1. The van der Waals surface area contributed by atoms with E-state index in [1.165, 1.54) is 24.8 Å². The quantitative estimate of drug-likeness (QED) is 0.579. The van der Waals surface area contributed by atoms with Crippen molar-refractivity contribution >= 4 is 15.9 Å². The van der Waals surface area contributed by atoms with Crippen molar-refractivity contribution in [3.05, 3.63) is 35.4 Å². The van der Waals surface area contributed by atoms with Crippen molar-refractivity contribution in [3.63, 3.8) is 0 Å². The number of hydrogen-bond acceptors (Lipinski definition) is 0. The van der Waals surface area contributed by atoms with Crippen LogP contribution >= 0.6 is 15.9 Å². The Kier molecular flexibility index (Phi) is 1.99. The maximum atomic E-state index is 3.66. The van der Waals surface area contributed by atoms with E-state index in [0.29, 0.717) is 4.83 Å². The minimum atomic E-state index is 0.706. The lowest BCUT2D eigenvalue weighted by Gasteiger charge is -2.19. The van der Waals surface area contributed by atoms with E-state index in [-0.39, 0.29) is 0 Å². The number of rotatable bonds is 0. The van der Waals surface area contributed by atoms with Crippen LogP contribution in [0.25, 0.3) is 0 Å². The van der Waals surface area contributed by atoms with E-state index < -0.39 is 0 Å². The van der Waals surface area contributed by atoms with Crippen LogP contribution in [-0.2, 0) is 12.8 Å². The molecule has 0 spiro atoms. The molecule has 0 radical (unpaired) electrons. The van der Waals surface area contributed by atoms with E-state index in [4.69, 9.17) is 0 Å². The third-order valence-electron chi connectivity index (χ3n) is 2.29.